The average molecular weight is 500 g/mol. The van der Waals surface area contributed by atoms with Crippen LogP contribution in [0.1, 0.15) is 11.3 Å². The van der Waals surface area contributed by atoms with Crippen molar-refractivity contribution in [2.75, 3.05) is 5.32 Å². The highest BCUT2D eigenvalue weighted by atomic mass is 19.1. The van der Waals surface area contributed by atoms with E-state index in [0.29, 0.717) is 28.3 Å². The third-order valence-electron chi connectivity index (χ3n) is 5.93. The molecule has 5 rings (SSSR count). The number of halogens is 1. The number of amides is 1. The molecule has 0 saturated heterocycles. The van der Waals surface area contributed by atoms with Crippen LogP contribution in [0.2, 0.25) is 0 Å². The molecule has 11 heteroatoms. The third-order valence-corrected chi connectivity index (χ3v) is 5.93. The molecule has 0 bridgehead atoms. The number of nitrogens with one attached hydrogen (secondary N) is 1. The van der Waals surface area contributed by atoms with E-state index in [1.54, 1.807) is 61.7 Å². The zero-order chi connectivity index (χ0) is 26.1. The summed E-state index contributed by atoms with van der Waals surface area (Å²) in [4.78, 5) is 51.8. The molecule has 0 fully saturated rings. The molecule has 0 spiro atoms. The van der Waals surface area contributed by atoms with Crippen molar-refractivity contribution >= 4 is 22.9 Å². The van der Waals surface area contributed by atoms with E-state index in [1.165, 1.54) is 28.6 Å². The van der Waals surface area contributed by atoms with Gasteiger partial charge < -0.3 is 9.88 Å². The van der Waals surface area contributed by atoms with Gasteiger partial charge in [0, 0.05) is 18.8 Å². The first-order chi connectivity index (χ1) is 17.8. The van der Waals surface area contributed by atoms with Crippen LogP contribution in [0.5, 0.6) is 0 Å². The lowest BCUT2D eigenvalue weighted by Crippen LogP contribution is -2.40. The fraction of sp³-hybridized carbons (Fsp3) is 0.154. The van der Waals surface area contributed by atoms with Gasteiger partial charge >= 0.3 is 5.69 Å². The lowest BCUT2D eigenvalue weighted by Gasteiger charge is -2.10. The summed E-state index contributed by atoms with van der Waals surface area (Å²) in [5.41, 5.74) is 1.52. The number of aromatic nitrogens is 6. The number of benzene rings is 1. The van der Waals surface area contributed by atoms with Crippen molar-refractivity contribution in [1.82, 2.24) is 28.7 Å². The molecule has 0 aliphatic carbocycles. The number of hydrogen-bond acceptors (Lipinski definition) is 6. The molecule has 1 aromatic carbocycles. The lowest BCUT2D eigenvalue weighted by atomic mass is 10.1. The summed E-state index contributed by atoms with van der Waals surface area (Å²) in [7, 11) is 1.52. The molecule has 0 saturated carbocycles. The second kappa shape index (κ2) is 9.61. The standard InChI is InChI=1S/C26H22FN7O3/c1-16-12-17(9-10-19(16)27)20-7-5-8-21(30-20)31-22(35)14-33-15-29-24-23(33)25(36)34(26(37)32(24)2)13-18-6-3-4-11-28-18/h3-12,15H,13-14H2,1-2H3,(H,30,31,35). The summed E-state index contributed by atoms with van der Waals surface area (Å²) < 4.78 is 17.4. The Morgan fingerprint density at radius 3 is 2.65 bits per heavy atom. The molecule has 186 valence electrons. The van der Waals surface area contributed by atoms with Crippen molar-refractivity contribution in [2.45, 2.75) is 20.0 Å². The van der Waals surface area contributed by atoms with E-state index in [1.807, 2.05) is 0 Å². The van der Waals surface area contributed by atoms with Crippen molar-refractivity contribution in [3.05, 3.63) is 105 Å². The third kappa shape index (κ3) is 4.66. The van der Waals surface area contributed by atoms with Crippen molar-refractivity contribution in [3.63, 3.8) is 0 Å². The summed E-state index contributed by atoms with van der Waals surface area (Å²) in [6.45, 7) is 1.42. The van der Waals surface area contributed by atoms with Crippen LogP contribution in [0.25, 0.3) is 22.4 Å². The minimum atomic E-state index is -0.569. The van der Waals surface area contributed by atoms with Gasteiger partial charge in [-0.2, -0.15) is 0 Å². The van der Waals surface area contributed by atoms with Crippen molar-refractivity contribution in [1.29, 1.82) is 0 Å². The summed E-state index contributed by atoms with van der Waals surface area (Å²) in [6, 6.07) is 15.0. The van der Waals surface area contributed by atoms with Gasteiger partial charge in [-0.05, 0) is 55.0 Å². The van der Waals surface area contributed by atoms with Gasteiger partial charge in [0.05, 0.1) is 24.3 Å². The number of aryl methyl sites for hydroxylation is 2. The molecule has 5 aromatic rings. The number of nitrogens with zero attached hydrogens (tertiary/aromatic N) is 6. The van der Waals surface area contributed by atoms with Gasteiger partial charge in [-0.15, -0.1) is 0 Å². The number of hydrogen-bond donors (Lipinski definition) is 1. The summed E-state index contributed by atoms with van der Waals surface area (Å²) in [5.74, 6) is -0.449. The maximum atomic E-state index is 13.6. The van der Waals surface area contributed by atoms with Crippen molar-refractivity contribution in [3.8, 4) is 11.3 Å². The Kier molecular flexibility index (Phi) is 6.18. The Hall–Kier alpha value is -4.93. The van der Waals surface area contributed by atoms with Crippen LogP contribution >= 0.6 is 0 Å². The maximum Gasteiger partial charge on any atom is 0.332 e. The summed E-state index contributed by atoms with van der Waals surface area (Å²) >= 11 is 0. The quantitative estimate of drug-likeness (QED) is 0.384. The average Bonchev–Trinajstić information content (AvgIpc) is 3.31. The van der Waals surface area contributed by atoms with Crippen LogP contribution in [0.15, 0.2) is 76.7 Å². The summed E-state index contributed by atoms with van der Waals surface area (Å²) in [5, 5.41) is 2.72. The zero-order valence-electron chi connectivity index (χ0n) is 20.1. The van der Waals surface area contributed by atoms with E-state index in [4.69, 9.17) is 0 Å². The van der Waals surface area contributed by atoms with Crippen LogP contribution in [0, 0.1) is 12.7 Å². The molecule has 4 aromatic heterocycles. The first kappa shape index (κ1) is 23.8. The molecular weight excluding hydrogens is 477 g/mol. The molecule has 0 aliphatic rings. The second-order valence-electron chi connectivity index (χ2n) is 8.52. The largest absolute Gasteiger partial charge is 0.332 e. The fourth-order valence-corrected chi connectivity index (χ4v) is 4.04. The van der Waals surface area contributed by atoms with Gasteiger partial charge in [-0.25, -0.2) is 19.2 Å². The topological polar surface area (TPSA) is 117 Å². The minimum absolute atomic E-state index is 0.0146. The Labute approximate surface area is 209 Å². The number of imidazole rings is 1. The highest BCUT2D eigenvalue weighted by molar-refractivity contribution is 5.90. The molecule has 0 atom stereocenters. The normalized spacial score (nSPS) is 11.1. The van der Waals surface area contributed by atoms with Crippen LogP contribution in [0.4, 0.5) is 10.2 Å². The van der Waals surface area contributed by atoms with Gasteiger partial charge in [0.2, 0.25) is 5.91 Å². The Bertz CT molecular complexity index is 1760. The van der Waals surface area contributed by atoms with Gasteiger partial charge in [-0.3, -0.25) is 23.7 Å². The molecule has 0 aliphatic heterocycles. The van der Waals surface area contributed by atoms with Gasteiger partial charge in [0.15, 0.2) is 11.2 Å². The van der Waals surface area contributed by atoms with E-state index < -0.39 is 17.2 Å². The highest BCUT2D eigenvalue weighted by Gasteiger charge is 2.18. The minimum Gasteiger partial charge on any atom is -0.315 e. The predicted molar refractivity (Wildman–Crippen MR) is 136 cm³/mol. The van der Waals surface area contributed by atoms with Gasteiger partial charge in [-0.1, -0.05) is 12.1 Å². The van der Waals surface area contributed by atoms with E-state index in [9.17, 15) is 18.8 Å². The zero-order valence-corrected chi connectivity index (χ0v) is 20.1. The van der Waals surface area contributed by atoms with Gasteiger partial charge in [0.1, 0.15) is 18.2 Å². The number of carbonyl (C=O) groups excluding carboxylic acids is 1. The van der Waals surface area contributed by atoms with Crippen LogP contribution in [0.3, 0.4) is 0 Å². The Balaban J connectivity index is 1.42. The number of fused-ring (bicyclic) bond motifs is 1. The van der Waals surface area contributed by atoms with Crippen molar-refractivity contribution in [2.24, 2.45) is 7.05 Å². The molecule has 37 heavy (non-hydrogen) atoms. The molecular formula is C26H22FN7O3. The van der Waals surface area contributed by atoms with Crippen LogP contribution in [-0.2, 0) is 24.9 Å². The molecule has 0 radical (unpaired) electrons. The number of pyridine rings is 2. The van der Waals surface area contributed by atoms with Gasteiger partial charge in [0.25, 0.3) is 5.56 Å². The number of anilines is 1. The highest BCUT2D eigenvalue weighted by Crippen LogP contribution is 2.21. The number of rotatable bonds is 6. The molecule has 1 amide bonds. The van der Waals surface area contributed by atoms with Crippen LogP contribution < -0.4 is 16.6 Å². The Morgan fingerprint density at radius 2 is 1.89 bits per heavy atom. The predicted octanol–water partition coefficient (Wildman–Crippen LogP) is 2.49. The molecule has 4 heterocycles. The molecule has 0 unspecified atom stereocenters. The number of carbonyl (C=O) groups is 1. The second-order valence-corrected chi connectivity index (χ2v) is 8.52. The molecule has 1 N–H and O–H groups in total. The maximum absolute atomic E-state index is 13.6. The lowest BCUT2D eigenvalue weighted by molar-refractivity contribution is -0.116. The molecule has 10 nitrogen and oxygen atoms in total. The van der Waals surface area contributed by atoms with E-state index >= 15 is 0 Å². The smallest absolute Gasteiger partial charge is 0.315 e. The first-order valence-electron chi connectivity index (χ1n) is 11.4. The SMILES string of the molecule is Cc1cc(-c2cccc(NC(=O)Cn3cnc4c3c(=O)n(Cc3ccccn3)c(=O)n4C)n2)ccc1F. The Morgan fingerprint density at radius 1 is 1.05 bits per heavy atom. The summed E-state index contributed by atoms with van der Waals surface area (Å²) in [6.07, 6.45) is 2.93. The van der Waals surface area contributed by atoms with E-state index in [2.05, 4.69) is 20.3 Å². The van der Waals surface area contributed by atoms with Crippen LogP contribution in [-0.4, -0.2) is 34.6 Å². The fourth-order valence-electron chi connectivity index (χ4n) is 4.04. The van der Waals surface area contributed by atoms with Crippen molar-refractivity contribution < 1.29 is 9.18 Å². The van der Waals surface area contributed by atoms with E-state index in [-0.39, 0.29) is 30.1 Å². The monoisotopic (exact) mass is 499 g/mol. The van der Waals surface area contributed by atoms with E-state index in [0.717, 1.165) is 4.57 Å². The first-order valence-corrected chi connectivity index (χ1v) is 11.4.